The van der Waals surface area contributed by atoms with Gasteiger partial charge in [0.25, 0.3) is 0 Å². The summed E-state index contributed by atoms with van der Waals surface area (Å²) in [4.78, 5) is 24.7. The molecule has 2 atom stereocenters. The van der Waals surface area contributed by atoms with Gasteiger partial charge in [-0.05, 0) is 44.9 Å². The van der Waals surface area contributed by atoms with Crippen molar-refractivity contribution in [1.82, 2.24) is 0 Å². The summed E-state index contributed by atoms with van der Waals surface area (Å²) in [6.45, 7) is 3.42. The Bertz CT molecular complexity index is 598. The van der Waals surface area contributed by atoms with Crippen LogP contribution in [0.15, 0.2) is 24.3 Å². The number of carbonyl (C=O) groups excluding carboxylic acids is 2. The van der Waals surface area contributed by atoms with Crippen molar-refractivity contribution >= 4 is 11.6 Å². The summed E-state index contributed by atoms with van der Waals surface area (Å²) in [7, 11) is 0. The molecular formula is C31H56O5. The van der Waals surface area contributed by atoms with Gasteiger partial charge < -0.3 is 15.3 Å². The number of hydrogen-bond donors (Lipinski definition) is 3. The van der Waals surface area contributed by atoms with Crippen LogP contribution >= 0.6 is 0 Å². The fourth-order valence-electron chi connectivity index (χ4n) is 4.30. The molecule has 0 fully saturated rings. The number of ketones is 2. The van der Waals surface area contributed by atoms with E-state index in [9.17, 15) is 24.9 Å². The van der Waals surface area contributed by atoms with Crippen molar-refractivity contribution in [3.63, 3.8) is 0 Å². The predicted molar refractivity (Wildman–Crippen MR) is 150 cm³/mol. The molecule has 0 aliphatic heterocycles. The lowest BCUT2D eigenvalue weighted by atomic mass is 9.86. The first-order valence-corrected chi connectivity index (χ1v) is 14.8. The van der Waals surface area contributed by atoms with Gasteiger partial charge in [0.15, 0.2) is 23.3 Å². The summed E-state index contributed by atoms with van der Waals surface area (Å²) in [5.74, 6) is -1.22. The van der Waals surface area contributed by atoms with E-state index in [1.165, 1.54) is 44.9 Å². The molecule has 2 unspecified atom stereocenters. The third-order valence-corrected chi connectivity index (χ3v) is 6.86. The monoisotopic (exact) mass is 508 g/mol. The molecule has 5 heteroatoms. The highest BCUT2D eigenvalue weighted by Gasteiger charge is 2.45. The summed E-state index contributed by atoms with van der Waals surface area (Å²) in [5, 5.41) is 30.3. The molecule has 0 aliphatic carbocycles. The molecule has 0 aromatic carbocycles. The molecule has 0 bridgehead atoms. The maximum Gasteiger partial charge on any atom is 0.178 e. The maximum absolute atomic E-state index is 12.5. The highest BCUT2D eigenvalue weighted by Crippen LogP contribution is 2.20. The first kappa shape index (κ1) is 34.7. The smallest absolute Gasteiger partial charge is 0.178 e. The maximum atomic E-state index is 12.5. The van der Waals surface area contributed by atoms with Crippen molar-refractivity contribution in [1.29, 1.82) is 0 Å². The van der Waals surface area contributed by atoms with E-state index in [4.69, 9.17) is 0 Å². The van der Waals surface area contributed by atoms with Gasteiger partial charge in [0.2, 0.25) is 0 Å². The zero-order chi connectivity index (χ0) is 26.9. The Balaban J connectivity index is 3.94. The molecule has 210 valence electrons. The first-order chi connectivity index (χ1) is 17.4. The fourth-order valence-corrected chi connectivity index (χ4v) is 4.30. The molecule has 0 saturated heterocycles. The zero-order valence-corrected chi connectivity index (χ0v) is 23.4. The Morgan fingerprint density at radius 1 is 0.667 bits per heavy atom. The molecule has 0 radical (unpaired) electrons. The number of aliphatic hydroxyl groups excluding tert-OH is 2. The minimum atomic E-state index is -2.38. The summed E-state index contributed by atoms with van der Waals surface area (Å²) in [6.07, 6.45) is 26.5. The van der Waals surface area contributed by atoms with Gasteiger partial charge in [-0.1, -0.05) is 109 Å². The third-order valence-electron chi connectivity index (χ3n) is 6.86. The van der Waals surface area contributed by atoms with E-state index in [0.717, 1.165) is 57.8 Å². The fraction of sp³-hybridized carbons (Fsp3) is 0.806. The van der Waals surface area contributed by atoms with Gasteiger partial charge in [-0.3, -0.25) is 9.59 Å². The molecule has 0 rings (SSSR count). The van der Waals surface area contributed by atoms with Crippen molar-refractivity contribution in [3.05, 3.63) is 24.3 Å². The largest absolute Gasteiger partial charge is 0.393 e. The van der Waals surface area contributed by atoms with E-state index in [1.807, 2.05) is 0 Å². The number of rotatable bonds is 26. The lowest BCUT2D eigenvalue weighted by Gasteiger charge is -2.29. The molecule has 0 saturated carbocycles. The Kier molecular flexibility index (Phi) is 23.2. The van der Waals surface area contributed by atoms with Crippen LogP contribution in [0.2, 0.25) is 0 Å². The van der Waals surface area contributed by atoms with Gasteiger partial charge in [-0.2, -0.15) is 0 Å². The molecule has 0 spiro atoms. The van der Waals surface area contributed by atoms with Gasteiger partial charge in [0.1, 0.15) is 0 Å². The predicted octanol–water partition coefficient (Wildman–Crippen LogP) is 7.16. The summed E-state index contributed by atoms with van der Waals surface area (Å²) in [5.41, 5.74) is -2.38. The van der Waals surface area contributed by atoms with Crippen LogP contribution in [0.3, 0.4) is 0 Å². The normalized spacial score (nSPS) is 14.5. The topological polar surface area (TPSA) is 94.8 Å². The van der Waals surface area contributed by atoms with Crippen LogP contribution in [0.1, 0.15) is 142 Å². The van der Waals surface area contributed by atoms with Gasteiger partial charge in [0, 0.05) is 12.8 Å². The number of carbonyl (C=O) groups is 2. The Hall–Kier alpha value is -1.30. The molecule has 0 aliphatic rings. The molecule has 36 heavy (non-hydrogen) atoms. The highest BCUT2D eigenvalue weighted by atomic mass is 16.4. The van der Waals surface area contributed by atoms with Crippen molar-refractivity contribution < 1.29 is 24.9 Å². The quantitative estimate of drug-likeness (QED) is 0.0851. The first-order valence-electron chi connectivity index (χ1n) is 14.8. The zero-order valence-electron chi connectivity index (χ0n) is 23.4. The molecule has 3 N–H and O–H groups in total. The standard InChI is InChI=1S/C31H56O5/c1-3-5-7-9-10-11-12-13-14-15-16-17-18-19-20-22-24-26-29(34)31(36,27-32)30(35)28(33)25-23-21-8-6-4-2/h13-14,16-17,30,32,35-36H,3-12,15,18-27H2,1-2H3/b14-13+,17-16+. The van der Waals surface area contributed by atoms with Crippen LogP contribution in [0.25, 0.3) is 0 Å². The van der Waals surface area contributed by atoms with Crippen molar-refractivity contribution in [2.75, 3.05) is 6.61 Å². The molecule has 0 aromatic rings. The Morgan fingerprint density at radius 3 is 1.61 bits per heavy atom. The van der Waals surface area contributed by atoms with Crippen LogP contribution < -0.4 is 0 Å². The van der Waals surface area contributed by atoms with Crippen LogP contribution in [-0.4, -0.2) is 45.2 Å². The van der Waals surface area contributed by atoms with E-state index in [-0.39, 0.29) is 12.8 Å². The molecular weight excluding hydrogens is 452 g/mol. The molecule has 5 nitrogen and oxygen atoms in total. The number of Topliss-reactive ketones (excluding diaryl/α,β-unsaturated/α-hetero) is 2. The summed E-state index contributed by atoms with van der Waals surface area (Å²) < 4.78 is 0. The van der Waals surface area contributed by atoms with Crippen LogP contribution in [0, 0.1) is 0 Å². The van der Waals surface area contributed by atoms with E-state index in [0.29, 0.717) is 12.8 Å². The lowest BCUT2D eigenvalue weighted by Crippen LogP contribution is -2.55. The molecule has 0 amide bonds. The third kappa shape index (κ3) is 17.2. The lowest BCUT2D eigenvalue weighted by molar-refractivity contribution is -0.165. The number of unbranched alkanes of at least 4 members (excludes halogenated alkanes) is 14. The second-order valence-electron chi connectivity index (χ2n) is 10.2. The Labute approximate surface area is 221 Å². The number of aliphatic hydroxyl groups is 3. The van der Waals surface area contributed by atoms with E-state index >= 15 is 0 Å². The van der Waals surface area contributed by atoms with Crippen LogP contribution in [0.4, 0.5) is 0 Å². The van der Waals surface area contributed by atoms with Crippen molar-refractivity contribution in [2.45, 2.75) is 154 Å². The van der Waals surface area contributed by atoms with Gasteiger partial charge >= 0.3 is 0 Å². The summed E-state index contributed by atoms with van der Waals surface area (Å²) in [6, 6.07) is 0. The Morgan fingerprint density at radius 2 is 1.11 bits per heavy atom. The molecule has 0 heterocycles. The van der Waals surface area contributed by atoms with E-state index < -0.39 is 29.9 Å². The van der Waals surface area contributed by atoms with Crippen LogP contribution in [-0.2, 0) is 9.59 Å². The minimum Gasteiger partial charge on any atom is -0.393 e. The minimum absolute atomic E-state index is 0.0527. The van der Waals surface area contributed by atoms with Crippen LogP contribution in [0.5, 0.6) is 0 Å². The SMILES string of the molecule is CCCCCCCC/C=C/C/C=C/CCCCCCC(=O)C(O)(CO)C(O)C(=O)CCCCCCC. The second kappa shape index (κ2) is 24.1. The van der Waals surface area contributed by atoms with Crippen molar-refractivity contribution in [2.24, 2.45) is 0 Å². The summed E-state index contributed by atoms with van der Waals surface area (Å²) >= 11 is 0. The average molecular weight is 509 g/mol. The highest BCUT2D eigenvalue weighted by molar-refractivity contribution is 5.96. The number of allylic oxidation sites excluding steroid dienone is 4. The second-order valence-corrected chi connectivity index (χ2v) is 10.2. The van der Waals surface area contributed by atoms with E-state index in [2.05, 4.69) is 38.2 Å². The molecule has 0 aromatic heterocycles. The number of hydrogen-bond acceptors (Lipinski definition) is 5. The van der Waals surface area contributed by atoms with Crippen molar-refractivity contribution in [3.8, 4) is 0 Å². The van der Waals surface area contributed by atoms with Gasteiger partial charge in [-0.15, -0.1) is 0 Å². The van der Waals surface area contributed by atoms with E-state index in [1.54, 1.807) is 0 Å². The van der Waals surface area contributed by atoms with Gasteiger partial charge in [-0.25, -0.2) is 0 Å². The average Bonchev–Trinajstić information content (AvgIpc) is 2.89. The van der Waals surface area contributed by atoms with Gasteiger partial charge in [0.05, 0.1) is 6.61 Å².